The Balaban J connectivity index is 2.16. The predicted octanol–water partition coefficient (Wildman–Crippen LogP) is 4.26. The number of halogens is 1. The molecule has 0 heterocycles. The van der Waals surface area contributed by atoms with Crippen LogP contribution in [0.3, 0.4) is 0 Å². The number of hydrogen-bond acceptors (Lipinski definition) is 2. The fourth-order valence-corrected chi connectivity index (χ4v) is 3.27. The van der Waals surface area contributed by atoms with Crippen molar-refractivity contribution < 1.29 is 9.59 Å². The highest BCUT2D eigenvalue weighted by molar-refractivity contribution is 6.30. The lowest BCUT2D eigenvalue weighted by atomic mass is 10.1. The molecular weight excluding hydrogens is 372 g/mol. The standard InChI is InChI=1S/C23H29ClN2O2/c1-3-15-25-23(28)21(4-2)26(16-14-18-8-6-5-7-9-18)22(27)17-19-10-12-20(24)13-11-19/h5-13,21H,3-4,14-17H2,1-2H3,(H,25,28)/t21-/m1/s1. The van der Waals surface area contributed by atoms with E-state index in [1.165, 1.54) is 0 Å². The molecular formula is C23H29ClN2O2. The first-order valence-electron chi connectivity index (χ1n) is 9.90. The van der Waals surface area contributed by atoms with Crippen LogP contribution >= 0.6 is 11.6 Å². The molecule has 1 atom stereocenters. The summed E-state index contributed by atoms with van der Waals surface area (Å²) >= 11 is 5.94. The van der Waals surface area contributed by atoms with E-state index >= 15 is 0 Å². The van der Waals surface area contributed by atoms with Crippen LogP contribution in [0.4, 0.5) is 0 Å². The number of carbonyl (C=O) groups is 2. The molecule has 0 saturated carbocycles. The molecule has 0 spiro atoms. The minimum atomic E-state index is -0.463. The molecule has 2 aromatic rings. The van der Waals surface area contributed by atoms with Crippen molar-refractivity contribution in [2.45, 2.75) is 45.6 Å². The van der Waals surface area contributed by atoms with Crippen molar-refractivity contribution in [3.63, 3.8) is 0 Å². The molecule has 28 heavy (non-hydrogen) atoms. The van der Waals surface area contributed by atoms with E-state index in [1.807, 2.05) is 56.3 Å². The second-order valence-electron chi connectivity index (χ2n) is 6.84. The van der Waals surface area contributed by atoms with Gasteiger partial charge < -0.3 is 10.2 Å². The van der Waals surface area contributed by atoms with E-state index < -0.39 is 6.04 Å². The van der Waals surface area contributed by atoms with Crippen LogP contribution in [-0.4, -0.2) is 35.8 Å². The summed E-state index contributed by atoms with van der Waals surface area (Å²) in [6, 6.07) is 16.8. The third kappa shape index (κ3) is 6.68. The Bertz CT molecular complexity index is 747. The van der Waals surface area contributed by atoms with Crippen molar-refractivity contribution in [1.29, 1.82) is 0 Å². The molecule has 1 N–H and O–H groups in total. The van der Waals surface area contributed by atoms with Crippen LogP contribution in [0, 0.1) is 0 Å². The maximum atomic E-state index is 13.1. The Kier molecular flexibility index (Phi) is 9.02. The van der Waals surface area contributed by atoms with Gasteiger partial charge in [-0.25, -0.2) is 0 Å². The van der Waals surface area contributed by atoms with Gasteiger partial charge in [0.25, 0.3) is 0 Å². The summed E-state index contributed by atoms with van der Waals surface area (Å²) in [5.41, 5.74) is 2.04. The van der Waals surface area contributed by atoms with E-state index in [4.69, 9.17) is 11.6 Å². The SMILES string of the molecule is CCCNC(=O)[C@@H](CC)N(CCc1ccccc1)C(=O)Cc1ccc(Cl)cc1. The highest BCUT2D eigenvalue weighted by atomic mass is 35.5. The van der Waals surface area contributed by atoms with Gasteiger partial charge in [0.05, 0.1) is 6.42 Å². The van der Waals surface area contributed by atoms with Gasteiger partial charge >= 0.3 is 0 Å². The van der Waals surface area contributed by atoms with Crippen LogP contribution in [0.25, 0.3) is 0 Å². The van der Waals surface area contributed by atoms with E-state index in [9.17, 15) is 9.59 Å². The van der Waals surface area contributed by atoms with Gasteiger partial charge in [-0.15, -0.1) is 0 Å². The summed E-state index contributed by atoms with van der Waals surface area (Å²) in [7, 11) is 0. The number of benzene rings is 2. The monoisotopic (exact) mass is 400 g/mol. The van der Waals surface area contributed by atoms with Crippen molar-refractivity contribution >= 4 is 23.4 Å². The number of nitrogens with zero attached hydrogens (tertiary/aromatic N) is 1. The van der Waals surface area contributed by atoms with Gasteiger partial charge in [-0.1, -0.05) is 67.9 Å². The molecule has 2 amide bonds. The smallest absolute Gasteiger partial charge is 0.242 e. The largest absolute Gasteiger partial charge is 0.354 e. The van der Waals surface area contributed by atoms with E-state index in [2.05, 4.69) is 5.32 Å². The average molecular weight is 401 g/mol. The fourth-order valence-electron chi connectivity index (χ4n) is 3.14. The van der Waals surface area contributed by atoms with Crippen LogP contribution in [0.2, 0.25) is 5.02 Å². The van der Waals surface area contributed by atoms with Gasteiger partial charge in [-0.3, -0.25) is 9.59 Å². The quantitative estimate of drug-likeness (QED) is 0.647. The molecule has 0 aromatic heterocycles. The summed E-state index contributed by atoms with van der Waals surface area (Å²) < 4.78 is 0. The van der Waals surface area contributed by atoms with Gasteiger partial charge in [0.1, 0.15) is 6.04 Å². The molecule has 5 heteroatoms. The van der Waals surface area contributed by atoms with Crippen LogP contribution < -0.4 is 5.32 Å². The highest BCUT2D eigenvalue weighted by Crippen LogP contribution is 2.14. The molecule has 0 radical (unpaired) electrons. The molecule has 0 aliphatic carbocycles. The summed E-state index contributed by atoms with van der Waals surface area (Å²) in [6.45, 7) is 5.09. The molecule has 2 aromatic carbocycles. The maximum absolute atomic E-state index is 13.1. The third-order valence-electron chi connectivity index (χ3n) is 4.69. The van der Waals surface area contributed by atoms with Crippen LogP contribution in [0.15, 0.2) is 54.6 Å². The first-order chi connectivity index (χ1) is 13.5. The van der Waals surface area contributed by atoms with E-state index in [-0.39, 0.29) is 18.2 Å². The van der Waals surface area contributed by atoms with Gasteiger partial charge in [0.15, 0.2) is 0 Å². The van der Waals surface area contributed by atoms with Crippen molar-refractivity contribution in [1.82, 2.24) is 10.2 Å². The second-order valence-corrected chi connectivity index (χ2v) is 7.28. The lowest BCUT2D eigenvalue weighted by Crippen LogP contribution is -2.50. The van der Waals surface area contributed by atoms with Crippen molar-refractivity contribution in [3.05, 3.63) is 70.7 Å². The second kappa shape index (κ2) is 11.5. The minimum Gasteiger partial charge on any atom is -0.354 e. The molecule has 0 aliphatic rings. The maximum Gasteiger partial charge on any atom is 0.242 e. The first kappa shape index (κ1) is 22.0. The van der Waals surface area contributed by atoms with Gasteiger partial charge in [-0.2, -0.15) is 0 Å². The molecule has 150 valence electrons. The topological polar surface area (TPSA) is 49.4 Å². The van der Waals surface area contributed by atoms with Crippen molar-refractivity contribution in [2.24, 2.45) is 0 Å². The number of nitrogens with one attached hydrogen (secondary N) is 1. The van der Waals surface area contributed by atoms with E-state index in [1.54, 1.807) is 17.0 Å². The van der Waals surface area contributed by atoms with E-state index in [0.717, 1.165) is 17.5 Å². The zero-order valence-electron chi connectivity index (χ0n) is 16.7. The Morgan fingerprint density at radius 1 is 1.00 bits per heavy atom. The molecule has 0 fully saturated rings. The Hall–Kier alpha value is -2.33. The normalized spacial score (nSPS) is 11.7. The lowest BCUT2D eigenvalue weighted by Gasteiger charge is -2.30. The Morgan fingerprint density at radius 3 is 2.29 bits per heavy atom. The number of carbonyl (C=O) groups excluding carboxylic acids is 2. The zero-order valence-corrected chi connectivity index (χ0v) is 17.4. The first-order valence-corrected chi connectivity index (χ1v) is 10.3. The minimum absolute atomic E-state index is 0.0447. The molecule has 2 rings (SSSR count). The fraction of sp³-hybridized carbons (Fsp3) is 0.391. The predicted molar refractivity (Wildman–Crippen MR) is 114 cm³/mol. The number of rotatable bonds is 10. The highest BCUT2D eigenvalue weighted by Gasteiger charge is 2.28. The van der Waals surface area contributed by atoms with Gasteiger partial charge in [0.2, 0.25) is 11.8 Å². The zero-order chi connectivity index (χ0) is 20.4. The van der Waals surface area contributed by atoms with Crippen LogP contribution in [0.5, 0.6) is 0 Å². The number of amides is 2. The third-order valence-corrected chi connectivity index (χ3v) is 4.94. The van der Waals surface area contributed by atoms with Gasteiger partial charge in [0, 0.05) is 18.1 Å². The van der Waals surface area contributed by atoms with Crippen LogP contribution in [0.1, 0.15) is 37.8 Å². The van der Waals surface area contributed by atoms with Crippen LogP contribution in [-0.2, 0) is 22.4 Å². The van der Waals surface area contributed by atoms with Crippen molar-refractivity contribution in [3.8, 4) is 0 Å². The lowest BCUT2D eigenvalue weighted by molar-refractivity contribution is -0.140. The van der Waals surface area contributed by atoms with Gasteiger partial charge in [-0.05, 0) is 42.5 Å². The summed E-state index contributed by atoms with van der Waals surface area (Å²) in [5.74, 6) is -0.126. The Labute approximate surface area is 172 Å². The molecule has 4 nitrogen and oxygen atoms in total. The van der Waals surface area contributed by atoms with Crippen molar-refractivity contribution in [2.75, 3.05) is 13.1 Å². The molecule has 0 unspecified atom stereocenters. The molecule has 0 aliphatic heterocycles. The summed E-state index contributed by atoms with van der Waals surface area (Å²) in [4.78, 5) is 27.5. The number of hydrogen-bond donors (Lipinski definition) is 1. The summed E-state index contributed by atoms with van der Waals surface area (Å²) in [6.07, 6.45) is 2.41. The summed E-state index contributed by atoms with van der Waals surface area (Å²) in [5, 5.41) is 3.58. The molecule has 0 saturated heterocycles. The molecule has 0 bridgehead atoms. The van der Waals surface area contributed by atoms with E-state index in [0.29, 0.717) is 31.0 Å². The Morgan fingerprint density at radius 2 is 1.68 bits per heavy atom. The average Bonchev–Trinajstić information content (AvgIpc) is 2.71.